The van der Waals surface area contributed by atoms with Crippen molar-refractivity contribution in [1.29, 1.82) is 0 Å². The van der Waals surface area contributed by atoms with Crippen LogP contribution < -0.4 is 10.1 Å². The van der Waals surface area contributed by atoms with E-state index < -0.39 is 65.3 Å². The molecule has 1 aliphatic rings. The van der Waals surface area contributed by atoms with Gasteiger partial charge in [0.05, 0.1) is 12.0 Å². The molecule has 2 aromatic carbocycles. The average molecular weight is 644 g/mol. The number of benzene rings is 2. The first-order valence-corrected chi connectivity index (χ1v) is 12.8. The van der Waals surface area contributed by atoms with Gasteiger partial charge < -0.3 is 34.4 Å². The summed E-state index contributed by atoms with van der Waals surface area (Å²) in [4.78, 5) is 24.0. The molecule has 18 heteroatoms. The maximum atomic E-state index is 14.0. The SMILES string of the molecule is CC(CN[C@@H]1COc2cc(-c3noc(-c4onc(-c5ccccc5)c4C(F)(F)F)n3)ccc2[C@@H]1O)C(=O)O.O=C(O)C(F)(F)F. The number of carboxylic acids is 2. The number of hydrogen-bond donors (Lipinski definition) is 4. The van der Waals surface area contributed by atoms with E-state index in [0.29, 0.717) is 16.9 Å². The number of rotatable bonds is 7. The van der Waals surface area contributed by atoms with Crippen LogP contribution in [0.2, 0.25) is 0 Å². The average Bonchev–Trinajstić information content (AvgIpc) is 3.65. The lowest BCUT2D eigenvalue weighted by Gasteiger charge is -2.31. The number of aliphatic carboxylic acids is 2. The van der Waals surface area contributed by atoms with Crippen molar-refractivity contribution in [1.82, 2.24) is 20.6 Å². The fourth-order valence-corrected chi connectivity index (χ4v) is 4.04. The van der Waals surface area contributed by atoms with Gasteiger partial charge >= 0.3 is 24.3 Å². The number of ether oxygens (including phenoxy) is 1. The van der Waals surface area contributed by atoms with Gasteiger partial charge in [0.2, 0.25) is 11.6 Å². The van der Waals surface area contributed by atoms with Gasteiger partial charge in [-0.25, -0.2) is 4.79 Å². The Morgan fingerprint density at radius 2 is 1.67 bits per heavy atom. The number of aliphatic hydroxyl groups is 1. The third-order valence-electron chi connectivity index (χ3n) is 6.38. The Morgan fingerprint density at radius 3 is 2.27 bits per heavy atom. The molecule has 2 aromatic heterocycles. The van der Waals surface area contributed by atoms with Gasteiger partial charge in [-0.05, 0) is 6.07 Å². The summed E-state index contributed by atoms with van der Waals surface area (Å²) in [5.74, 6) is -5.27. The Kier molecular flexibility index (Phi) is 9.48. The van der Waals surface area contributed by atoms with E-state index in [2.05, 4.69) is 20.6 Å². The summed E-state index contributed by atoms with van der Waals surface area (Å²) in [6, 6.07) is 11.9. The van der Waals surface area contributed by atoms with Crippen molar-refractivity contribution in [3.8, 4) is 40.0 Å². The Balaban J connectivity index is 0.000000591. The Labute approximate surface area is 248 Å². The third kappa shape index (κ3) is 7.58. The molecule has 0 bridgehead atoms. The van der Waals surface area contributed by atoms with Gasteiger partial charge in [-0.2, -0.15) is 31.3 Å². The lowest BCUT2D eigenvalue weighted by molar-refractivity contribution is -0.192. The number of halogens is 6. The van der Waals surface area contributed by atoms with E-state index in [9.17, 15) is 36.2 Å². The number of aromatic nitrogens is 3. The van der Waals surface area contributed by atoms with Gasteiger partial charge in [-0.3, -0.25) is 4.79 Å². The molecule has 4 N–H and O–H groups in total. The van der Waals surface area contributed by atoms with Gasteiger partial charge in [-0.15, -0.1) is 0 Å². The molecule has 0 fully saturated rings. The lowest BCUT2D eigenvalue weighted by atomic mass is 9.97. The molecule has 0 amide bonds. The minimum absolute atomic E-state index is 0.0257. The lowest BCUT2D eigenvalue weighted by Crippen LogP contribution is -2.45. The fraction of sp³-hybridized carbons (Fsp3) is 0.296. The van der Waals surface area contributed by atoms with Crippen LogP contribution in [-0.2, 0) is 15.8 Å². The second kappa shape index (κ2) is 12.9. The van der Waals surface area contributed by atoms with Gasteiger partial charge in [0.1, 0.15) is 29.7 Å². The van der Waals surface area contributed by atoms with Crippen molar-refractivity contribution in [3.63, 3.8) is 0 Å². The van der Waals surface area contributed by atoms with Gasteiger partial charge in [0, 0.05) is 23.2 Å². The number of carboxylic acid groups (broad SMARTS) is 2. The Hall–Kier alpha value is -4.97. The summed E-state index contributed by atoms with van der Waals surface area (Å²) in [5.41, 5.74) is -0.499. The maximum Gasteiger partial charge on any atom is 0.490 e. The van der Waals surface area contributed by atoms with Crippen LogP contribution in [0.1, 0.15) is 24.2 Å². The quantitative estimate of drug-likeness (QED) is 0.202. The fourth-order valence-electron chi connectivity index (χ4n) is 4.04. The number of fused-ring (bicyclic) bond motifs is 1. The van der Waals surface area contributed by atoms with Crippen LogP contribution in [0.15, 0.2) is 57.6 Å². The zero-order chi connectivity index (χ0) is 33.1. The highest BCUT2D eigenvalue weighted by Gasteiger charge is 2.43. The Bertz CT molecular complexity index is 1650. The number of carbonyl (C=O) groups is 2. The summed E-state index contributed by atoms with van der Waals surface area (Å²) < 4.78 is 89.5. The number of hydrogen-bond acceptors (Lipinski definition) is 10. The van der Waals surface area contributed by atoms with Crippen molar-refractivity contribution in [2.24, 2.45) is 5.92 Å². The molecule has 3 atom stereocenters. The second-order valence-electron chi connectivity index (χ2n) is 9.59. The number of nitrogens with zero attached hydrogens (tertiary/aromatic N) is 3. The van der Waals surface area contributed by atoms with Crippen LogP contribution in [0.4, 0.5) is 26.3 Å². The molecular weight excluding hydrogens is 622 g/mol. The normalized spacial score (nSPS) is 17.0. The van der Waals surface area contributed by atoms with Crippen molar-refractivity contribution >= 4 is 11.9 Å². The van der Waals surface area contributed by atoms with Crippen molar-refractivity contribution in [2.75, 3.05) is 13.2 Å². The molecule has 0 radical (unpaired) electrons. The van der Waals surface area contributed by atoms with E-state index in [-0.39, 0.29) is 24.5 Å². The molecule has 5 rings (SSSR count). The molecule has 0 saturated carbocycles. The highest BCUT2D eigenvalue weighted by Crippen LogP contribution is 2.43. The van der Waals surface area contributed by atoms with Crippen LogP contribution in [0.3, 0.4) is 0 Å². The van der Waals surface area contributed by atoms with Gasteiger partial charge in [-0.1, -0.05) is 59.7 Å². The highest BCUT2D eigenvalue weighted by molar-refractivity contribution is 5.73. The third-order valence-corrected chi connectivity index (χ3v) is 6.38. The zero-order valence-electron chi connectivity index (χ0n) is 22.8. The molecule has 45 heavy (non-hydrogen) atoms. The molecule has 1 unspecified atom stereocenters. The molecule has 3 heterocycles. The second-order valence-corrected chi connectivity index (χ2v) is 9.59. The zero-order valence-corrected chi connectivity index (χ0v) is 22.8. The van der Waals surface area contributed by atoms with E-state index in [4.69, 9.17) is 28.8 Å². The first-order valence-electron chi connectivity index (χ1n) is 12.8. The van der Waals surface area contributed by atoms with Crippen LogP contribution in [0.5, 0.6) is 5.75 Å². The minimum atomic E-state index is -5.08. The highest BCUT2D eigenvalue weighted by atomic mass is 19.4. The largest absolute Gasteiger partial charge is 0.491 e. The van der Waals surface area contributed by atoms with E-state index >= 15 is 0 Å². The molecule has 1 aliphatic heterocycles. The standard InChI is InChI=1S/C25H21F3N4O6.C2HF3O2/c1-12(24(34)35)10-29-16-11-36-17-9-14(7-8-15(17)20(16)33)22-30-23(38-32-22)21-18(25(26,27)28)19(31-37-21)13-5-3-2-4-6-13;3-2(4,5)1(6)7/h2-9,12,16,20,29,33H,10-11H2,1H3,(H,34,35);(H,6,7)/t12?,16-,20+;/m1./s1. The van der Waals surface area contributed by atoms with E-state index in [0.717, 1.165) is 0 Å². The van der Waals surface area contributed by atoms with Gasteiger partial charge in [0.25, 0.3) is 5.89 Å². The molecule has 0 aliphatic carbocycles. The summed E-state index contributed by atoms with van der Waals surface area (Å²) in [5, 5.41) is 37.3. The predicted octanol–water partition coefficient (Wildman–Crippen LogP) is 4.82. The van der Waals surface area contributed by atoms with E-state index in [1.54, 1.807) is 37.3 Å². The summed E-state index contributed by atoms with van der Waals surface area (Å²) in [7, 11) is 0. The van der Waals surface area contributed by atoms with Crippen molar-refractivity contribution < 1.29 is 65.0 Å². The van der Waals surface area contributed by atoms with E-state index in [1.807, 2.05) is 0 Å². The molecule has 4 aromatic rings. The van der Waals surface area contributed by atoms with Crippen LogP contribution in [0, 0.1) is 5.92 Å². The van der Waals surface area contributed by atoms with Crippen molar-refractivity contribution in [3.05, 3.63) is 59.7 Å². The van der Waals surface area contributed by atoms with Gasteiger partial charge in [0.15, 0.2) is 0 Å². The maximum absolute atomic E-state index is 14.0. The molecule has 12 nitrogen and oxygen atoms in total. The summed E-state index contributed by atoms with van der Waals surface area (Å²) in [6.07, 6.45) is -10.9. The molecular formula is C27H22F6N4O8. The molecule has 240 valence electrons. The minimum Gasteiger partial charge on any atom is -0.491 e. The van der Waals surface area contributed by atoms with E-state index in [1.165, 1.54) is 18.2 Å². The smallest absolute Gasteiger partial charge is 0.490 e. The number of alkyl halides is 6. The molecule has 0 saturated heterocycles. The van der Waals surface area contributed by atoms with Crippen LogP contribution >= 0.6 is 0 Å². The number of aliphatic hydroxyl groups excluding tert-OH is 1. The first-order chi connectivity index (χ1) is 21.1. The Morgan fingerprint density at radius 1 is 1.00 bits per heavy atom. The monoisotopic (exact) mass is 644 g/mol. The number of nitrogens with one attached hydrogen (secondary N) is 1. The summed E-state index contributed by atoms with van der Waals surface area (Å²) in [6.45, 7) is 1.76. The molecule has 0 spiro atoms. The predicted molar refractivity (Wildman–Crippen MR) is 138 cm³/mol. The van der Waals surface area contributed by atoms with Crippen LogP contribution in [0.25, 0.3) is 34.3 Å². The topological polar surface area (TPSA) is 181 Å². The van der Waals surface area contributed by atoms with Crippen molar-refractivity contribution in [2.45, 2.75) is 31.4 Å². The summed E-state index contributed by atoms with van der Waals surface area (Å²) >= 11 is 0. The first kappa shape index (κ1) is 32.9. The van der Waals surface area contributed by atoms with Crippen LogP contribution in [-0.4, -0.2) is 67.9 Å².